The van der Waals surface area contributed by atoms with Crippen molar-refractivity contribution < 1.29 is 23.8 Å². The Morgan fingerprint density at radius 3 is 2.61 bits per heavy atom. The van der Waals surface area contributed by atoms with Crippen LogP contribution in [0.2, 0.25) is 0 Å². The molecule has 1 aromatic rings. The zero-order valence-electron chi connectivity index (χ0n) is 13.4. The van der Waals surface area contributed by atoms with Gasteiger partial charge in [-0.05, 0) is 12.1 Å². The normalized spacial score (nSPS) is 10.4. The number of hydrazone groups is 1. The van der Waals surface area contributed by atoms with E-state index >= 15 is 0 Å². The third-order valence-electron chi connectivity index (χ3n) is 2.78. The van der Waals surface area contributed by atoms with Crippen LogP contribution in [0.15, 0.2) is 23.3 Å². The fraction of sp³-hybridized carbons (Fsp3) is 0.400. The van der Waals surface area contributed by atoms with Crippen LogP contribution in [-0.4, -0.2) is 52.5 Å². The Kier molecular flexibility index (Phi) is 8.16. The number of nitrogens with zero attached hydrogens (tertiary/aromatic N) is 1. The SMILES string of the molecule is COCCNC(=O)CC(=O)N/N=C\c1ccc(OC)cc1OC. The van der Waals surface area contributed by atoms with Crippen molar-refractivity contribution in [1.82, 2.24) is 10.7 Å². The highest BCUT2D eigenvalue weighted by atomic mass is 16.5. The molecule has 0 aliphatic carbocycles. The van der Waals surface area contributed by atoms with Gasteiger partial charge in [-0.15, -0.1) is 0 Å². The molecule has 2 amide bonds. The number of carbonyl (C=O) groups excluding carboxylic acids is 2. The van der Waals surface area contributed by atoms with Gasteiger partial charge in [0.25, 0.3) is 0 Å². The minimum atomic E-state index is -0.511. The summed E-state index contributed by atoms with van der Waals surface area (Å²) >= 11 is 0. The Bertz CT molecular complexity index is 560. The minimum Gasteiger partial charge on any atom is -0.497 e. The summed E-state index contributed by atoms with van der Waals surface area (Å²) < 4.78 is 15.1. The van der Waals surface area contributed by atoms with Crippen molar-refractivity contribution in [2.45, 2.75) is 6.42 Å². The van der Waals surface area contributed by atoms with Gasteiger partial charge in [0.1, 0.15) is 17.9 Å². The van der Waals surface area contributed by atoms with E-state index in [1.807, 2.05) is 0 Å². The predicted molar refractivity (Wildman–Crippen MR) is 84.8 cm³/mol. The molecular weight excluding hydrogens is 302 g/mol. The van der Waals surface area contributed by atoms with Crippen LogP contribution in [0.1, 0.15) is 12.0 Å². The van der Waals surface area contributed by atoms with Gasteiger partial charge < -0.3 is 19.5 Å². The summed E-state index contributed by atoms with van der Waals surface area (Å²) in [4.78, 5) is 23.0. The number of ether oxygens (including phenoxy) is 3. The molecule has 8 nitrogen and oxygen atoms in total. The van der Waals surface area contributed by atoms with Crippen molar-refractivity contribution >= 4 is 18.0 Å². The molecule has 8 heteroatoms. The summed E-state index contributed by atoms with van der Waals surface area (Å²) in [6.45, 7) is 0.748. The van der Waals surface area contributed by atoms with Crippen LogP contribution in [-0.2, 0) is 14.3 Å². The lowest BCUT2D eigenvalue weighted by molar-refractivity contribution is -0.129. The molecule has 2 N–H and O–H groups in total. The van der Waals surface area contributed by atoms with Crippen molar-refractivity contribution in [2.24, 2.45) is 5.10 Å². The van der Waals surface area contributed by atoms with Crippen molar-refractivity contribution in [1.29, 1.82) is 0 Å². The highest BCUT2D eigenvalue weighted by Crippen LogP contribution is 2.22. The molecule has 0 bridgehead atoms. The molecule has 0 aromatic heterocycles. The van der Waals surface area contributed by atoms with Crippen molar-refractivity contribution in [2.75, 3.05) is 34.5 Å². The number of carbonyl (C=O) groups is 2. The Morgan fingerprint density at radius 2 is 1.96 bits per heavy atom. The van der Waals surface area contributed by atoms with Crippen LogP contribution in [0.25, 0.3) is 0 Å². The summed E-state index contributed by atoms with van der Waals surface area (Å²) in [5, 5.41) is 6.35. The van der Waals surface area contributed by atoms with Crippen LogP contribution in [0.3, 0.4) is 0 Å². The van der Waals surface area contributed by atoms with Crippen LogP contribution in [0.5, 0.6) is 11.5 Å². The number of hydrogen-bond donors (Lipinski definition) is 2. The fourth-order valence-corrected chi connectivity index (χ4v) is 1.64. The maximum atomic E-state index is 11.6. The van der Waals surface area contributed by atoms with E-state index in [0.717, 1.165) is 0 Å². The molecular formula is C15H21N3O5. The Labute approximate surface area is 134 Å². The Hall–Kier alpha value is -2.61. The smallest absolute Gasteiger partial charge is 0.249 e. The van der Waals surface area contributed by atoms with Crippen LogP contribution >= 0.6 is 0 Å². The molecule has 0 fully saturated rings. The number of methoxy groups -OCH3 is 3. The highest BCUT2D eigenvalue weighted by Gasteiger charge is 2.08. The van der Waals surface area contributed by atoms with Gasteiger partial charge in [0, 0.05) is 25.3 Å². The van der Waals surface area contributed by atoms with Crippen LogP contribution in [0, 0.1) is 0 Å². The monoisotopic (exact) mass is 323 g/mol. The molecule has 0 atom stereocenters. The first-order valence-corrected chi connectivity index (χ1v) is 6.90. The Balaban J connectivity index is 2.49. The molecule has 0 heterocycles. The summed E-state index contributed by atoms with van der Waals surface area (Å²) in [6, 6.07) is 5.19. The van der Waals surface area contributed by atoms with E-state index in [9.17, 15) is 9.59 Å². The Morgan fingerprint density at radius 1 is 1.17 bits per heavy atom. The quantitative estimate of drug-likeness (QED) is 0.295. The zero-order chi connectivity index (χ0) is 17.1. The lowest BCUT2D eigenvalue weighted by Gasteiger charge is -2.07. The van der Waals surface area contributed by atoms with Gasteiger partial charge in [-0.3, -0.25) is 9.59 Å². The maximum absolute atomic E-state index is 11.6. The second-order valence-corrected chi connectivity index (χ2v) is 4.42. The number of rotatable bonds is 9. The first-order chi connectivity index (χ1) is 11.1. The summed E-state index contributed by atoms with van der Waals surface area (Å²) in [5.41, 5.74) is 2.95. The molecule has 0 saturated carbocycles. The van der Waals surface area contributed by atoms with Gasteiger partial charge in [0.05, 0.1) is 27.0 Å². The van der Waals surface area contributed by atoms with Gasteiger partial charge in [0.2, 0.25) is 11.8 Å². The van der Waals surface area contributed by atoms with Crippen LogP contribution in [0.4, 0.5) is 0 Å². The van der Waals surface area contributed by atoms with E-state index in [2.05, 4.69) is 15.8 Å². The predicted octanol–water partition coefficient (Wildman–Crippen LogP) is 0.307. The van der Waals surface area contributed by atoms with Gasteiger partial charge in [-0.25, -0.2) is 5.43 Å². The largest absolute Gasteiger partial charge is 0.497 e. The topological polar surface area (TPSA) is 98.2 Å². The molecule has 0 spiro atoms. The maximum Gasteiger partial charge on any atom is 0.249 e. The van der Waals surface area contributed by atoms with Gasteiger partial charge in [-0.2, -0.15) is 5.10 Å². The second-order valence-electron chi connectivity index (χ2n) is 4.42. The van der Waals surface area contributed by atoms with Gasteiger partial charge in [0.15, 0.2) is 0 Å². The average molecular weight is 323 g/mol. The van der Waals surface area contributed by atoms with E-state index in [-0.39, 0.29) is 6.42 Å². The molecule has 0 aliphatic heterocycles. The molecule has 0 unspecified atom stereocenters. The van der Waals surface area contributed by atoms with E-state index < -0.39 is 11.8 Å². The molecule has 126 valence electrons. The summed E-state index contributed by atoms with van der Waals surface area (Å²) in [5.74, 6) is 0.302. The lowest BCUT2D eigenvalue weighted by Crippen LogP contribution is -2.31. The third kappa shape index (κ3) is 6.79. The van der Waals surface area contributed by atoms with Crippen molar-refractivity contribution in [3.8, 4) is 11.5 Å². The van der Waals surface area contributed by atoms with Gasteiger partial charge in [-0.1, -0.05) is 0 Å². The first kappa shape index (κ1) is 18.4. The van der Waals surface area contributed by atoms with Gasteiger partial charge >= 0.3 is 0 Å². The molecule has 1 rings (SSSR count). The first-order valence-electron chi connectivity index (χ1n) is 6.90. The van der Waals surface area contributed by atoms with E-state index in [1.54, 1.807) is 25.3 Å². The number of amides is 2. The summed E-state index contributed by atoms with van der Waals surface area (Å²) in [7, 11) is 4.61. The standard InChI is InChI=1S/C15H21N3O5/c1-21-7-6-16-14(19)9-15(20)18-17-10-11-4-5-12(22-2)8-13(11)23-3/h4-5,8,10H,6-7,9H2,1-3H3,(H,16,19)(H,18,20)/b17-10-. The molecule has 1 aromatic carbocycles. The second kappa shape index (κ2) is 10.2. The van der Waals surface area contributed by atoms with E-state index in [0.29, 0.717) is 30.2 Å². The number of hydrogen-bond acceptors (Lipinski definition) is 6. The molecule has 0 radical (unpaired) electrons. The third-order valence-corrected chi connectivity index (χ3v) is 2.78. The van der Waals surface area contributed by atoms with Crippen molar-refractivity contribution in [3.63, 3.8) is 0 Å². The zero-order valence-corrected chi connectivity index (χ0v) is 13.4. The fourth-order valence-electron chi connectivity index (χ4n) is 1.64. The molecule has 23 heavy (non-hydrogen) atoms. The minimum absolute atomic E-state index is 0.305. The number of benzene rings is 1. The lowest BCUT2D eigenvalue weighted by atomic mass is 10.2. The average Bonchev–Trinajstić information content (AvgIpc) is 2.55. The van der Waals surface area contributed by atoms with Crippen molar-refractivity contribution in [3.05, 3.63) is 23.8 Å². The number of nitrogens with one attached hydrogen (secondary N) is 2. The molecule has 0 saturated heterocycles. The summed E-state index contributed by atoms with van der Waals surface area (Å²) in [6.07, 6.45) is 1.12. The van der Waals surface area contributed by atoms with E-state index in [4.69, 9.17) is 14.2 Å². The highest BCUT2D eigenvalue weighted by molar-refractivity contribution is 5.97. The van der Waals surface area contributed by atoms with E-state index in [1.165, 1.54) is 20.4 Å². The molecule has 0 aliphatic rings. The van der Waals surface area contributed by atoms with Crippen LogP contribution < -0.4 is 20.2 Å².